The lowest BCUT2D eigenvalue weighted by molar-refractivity contribution is -0.136. The highest BCUT2D eigenvalue weighted by atomic mass is 32.2. The molecule has 2 unspecified atom stereocenters. The van der Waals surface area contributed by atoms with Gasteiger partial charge < -0.3 is 39.6 Å². The number of nitrogens with two attached hydrogens (primary N) is 1. The first-order valence-corrected chi connectivity index (χ1v) is 23.3. The average molecular weight is 910 g/mol. The van der Waals surface area contributed by atoms with Gasteiger partial charge in [0.2, 0.25) is 11.8 Å². The molecule has 0 aliphatic carbocycles. The maximum absolute atomic E-state index is 13.3. The number of nitrogens with one attached hydrogen (secondary N) is 2. The third-order valence-electron chi connectivity index (χ3n) is 12.1. The quantitative estimate of drug-likeness (QED) is 0.0552. The fourth-order valence-corrected chi connectivity index (χ4v) is 9.75. The van der Waals surface area contributed by atoms with Crippen molar-refractivity contribution < 1.29 is 47.7 Å². The molecule has 2 saturated heterocycles. The number of amides is 5. The molecule has 5 amide bonds. The monoisotopic (exact) mass is 909 g/mol. The third kappa shape index (κ3) is 11.1. The molecule has 0 spiro atoms. The van der Waals surface area contributed by atoms with Gasteiger partial charge in [-0.15, -0.1) is 11.8 Å². The number of para-hydroxylation sites is 1. The van der Waals surface area contributed by atoms with Crippen LogP contribution in [0.2, 0.25) is 0 Å². The summed E-state index contributed by atoms with van der Waals surface area (Å²) in [7, 11) is 0. The largest absolute Gasteiger partial charge is 0.457 e. The van der Waals surface area contributed by atoms with Crippen LogP contribution in [0, 0.1) is 5.92 Å². The van der Waals surface area contributed by atoms with Crippen molar-refractivity contribution >= 4 is 47.1 Å². The van der Waals surface area contributed by atoms with E-state index in [1.54, 1.807) is 18.2 Å². The number of primary amides is 1. The molecule has 1 aromatic heterocycles. The number of thioether (sulfide) groups is 1. The number of carbonyl (C=O) groups excluding carboxylic acids is 5. The van der Waals surface area contributed by atoms with Crippen molar-refractivity contribution in [2.24, 2.45) is 11.7 Å². The maximum atomic E-state index is 13.3. The second kappa shape index (κ2) is 22.0. The van der Waals surface area contributed by atoms with E-state index in [9.17, 15) is 24.0 Å². The number of aromatic nitrogens is 2. The van der Waals surface area contributed by atoms with E-state index in [-0.39, 0.29) is 30.0 Å². The van der Waals surface area contributed by atoms with Gasteiger partial charge in [0.05, 0.1) is 70.0 Å². The minimum atomic E-state index is -0.997. The summed E-state index contributed by atoms with van der Waals surface area (Å²) in [6.07, 6.45) is 3.17. The van der Waals surface area contributed by atoms with Gasteiger partial charge in [-0.3, -0.25) is 34.2 Å². The molecular weight excluding hydrogens is 855 g/mol. The van der Waals surface area contributed by atoms with Gasteiger partial charge in [0.25, 0.3) is 17.7 Å². The van der Waals surface area contributed by atoms with Crippen molar-refractivity contribution in [2.45, 2.75) is 49.1 Å². The Morgan fingerprint density at radius 2 is 1.43 bits per heavy atom. The fraction of sp³-hybridized carbons (Fsp3) is 0.447. The van der Waals surface area contributed by atoms with Crippen molar-refractivity contribution in [1.29, 1.82) is 0 Å². The van der Waals surface area contributed by atoms with Crippen molar-refractivity contribution in [2.75, 3.05) is 90.1 Å². The van der Waals surface area contributed by atoms with Crippen LogP contribution in [-0.4, -0.2) is 140 Å². The summed E-state index contributed by atoms with van der Waals surface area (Å²) < 4.78 is 30.8. The molecule has 18 heteroatoms. The number of likely N-dealkylation sites (tertiary alicyclic amines) is 1. The fourth-order valence-electron chi connectivity index (χ4n) is 8.81. The summed E-state index contributed by atoms with van der Waals surface area (Å²) >= 11 is 1.40. The van der Waals surface area contributed by atoms with E-state index in [1.165, 1.54) is 11.8 Å². The molecule has 344 valence electrons. The Hall–Kier alpha value is -5.63. The number of hydrogen-bond donors (Lipinski definition) is 3. The van der Waals surface area contributed by atoms with E-state index in [4.69, 9.17) is 34.5 Å². The van der Waals surface area contributed by atoms with Crippen molar-refractivity contribution in [3.05, 3.63) is 89.5 Å². The molecule has 65 heavy (non-hydrogen) atoms. The Balaban J connectivity index is 0.664. The Kier molecular flexibility index (Phi) is 15.6. The van der Waals surface area contributed by atoms with Crippen LogP contribution in [0.5, 0.6) is 11.5 Å². The molecule has 0 saturated carbocycles. The van der Waals surface area contributed by atoms with Crippen LogP contribution in [0.25, 0.3) is 11.3 Å². The lowest BCUT2D eigenvalue weighted by Crippen LogP contribution is -2.54. The SMILES string of the molecule is NC(=O)c1c(-c2ccc(Oc3ccccc3)cc2)nn2c1NCCC2C1CCN(CCOCCOCCOCCOCCSc2cccc3c2C(=O)N(C2CCC(=O)NC2=O)C3=O)CC1. The average Bonchev–Trinajstić information content (AvgIpc) is 3.83. The van der Waals surface area contributed by atoms with Crippen molar-refractivity contribution in [1.82, 2.24) is 24.9 Å². The number of benzene rings is 3. The number of carbonyl (C=O) groups is 5. The summed E-state index contributed by atoms with van der Waals surface area (Å²) in [6, 6.07) is 21.4. The van der Waals surface area contributed by atoms with Crippen LogP contribution in [0.4, 0.5) is 5.82 Å². The molecule has 8 rings (SSSR count). The summed E-state index contributed by atoms with van der Waals surface area (Å²) in [5.41, 5.74) is 8.31. The summed E-state index contributed by atoms with van der Waals surface area (Å²) in [5.74, 6) is 0.539. The van der Waals surface area contributed by atoms with E-state index in [0.29, 0.717) is 92.2 Å². The molecule has 4 aliphatic heterocycles. The lowest BCUT2D eigenvalue weighted by Gasteiger charge is -2.38. The Morgan fingerprint density at radius 3 is 2.12 bits per heavy atom. The lowest BCUT2D eigenvalue weighted by atomic mass is 9.87. The molecule has 4 N–H and O–H groups in total. The van der Waals surface area contributed by atoms with E-state index in [0.717, 1.165) is 61.7 Å². The minimum Gasteiger partial charge on any atom is -0.457 e. The molecule has 2 fully saturated rings. The Bertz CT molecular complexity index is 2320. The summed E-state index contributed by atoms with van der Waals surface area (Å²) in [4.78, 5) is 67.1. The van der Waals surface area contributed by atoms with Crippen LogP contribution in [-0.2, 0) is 28.5 Å². The smallest absolute Gasteiger partial charge is 0.263 e. The number of nitrogens with zero attached hydrogens (tertiary/aromatic N) is 4. The van der Waals surface area contributed by atoms with E-state index < -0.39 is 35.6 Å². The van der Waals surface area contributed by atoms with Gasteiger partial charge >= 0.3 is 0 Å². The summed E-state index contributed by atoms with van der Waals surface area (Å²) in [6.45, 7) is 7.24. The predicted molar refractivity (Wildman–Crippen MR) is 241 cm³/mol. The maximum Gasteiger partial charge on any atom is 0.263 e. The van der Waals surface area contributed by atoms with Gasteiger partial charge in [-0.2, -0.15) is 5.10 Å². The van der Waals surface area contributed by atoms with Crippen LogP contribution >= 0.6 is 11.8 Å². The van der Waals surface area contributed by atoms with Gasteiger partial charge in [0, 0.05) is 35.7 Å². The van der Waals surface area contributed by atoms with Gasteiger partial charge in [-0.1, -0.05) is 24.3 Å². The number of piperidine rings is 2. The van der Waals surface area contributed by atoms with E-state index in [1.807, 2.05) is 59.3 Å². The highest BCUT2D eigenvalue weighted by molar-refractivity contribution is 7.99. The molecule has 17 nitrogen and oxygen atoms in total. The van der Waals surface area contributed by atoms with Gasteiger partial charge in [0.1, 0.15) is 34.6 Å². The Morgan fingerprint density at radius 1 is 0.754 bits per heavy atom. The van der Waals surface area contributed by atoms with Crippen molar-refractivity contribution in [3.8, 4) is 22.8 Å². The van der Waals surface area contributed by atoms with Gasteiger partial charge in [-0.05, 0) is 93.2 Å². The molecule has 0 bridgehead atoms. The van der Waals surface area contributed by atoms with Crippen LogP contribution < -0.4 is 21.1 Å². The van der Waals surface area contributed by atoms with Gasteiger partial charge in [-0.25, -0.2) is 4.68 Å². The zero-order valence-corrected chi connectivity index (χ0v) is 37.1. The van der Waals surface area contributed by atoms with E-state index in [2.05, 4.69) is 15.5 Å². The second-order valence-electron chi connectivity index (χ2n) is 16.2. The zero-order chi connectivity index (χ0) is 45.1. The number of hydrogen-bond acceptors (Lipinski definition) is 14. The van der Waals surface area contributed by atoms with Gasteiger partial charge in [0.15, 0.2) is 0 Å². The molecular formula is C47H55N7O10S. The van der Waals surface area contributed by atoms with Crippen LogP contribution in [0.3, 0.4) is 0 Å². The molecule has 0 radical (unpaired) electrons. The topological polar surface area (TPSA) is 206 Å². The normalized spacial score (nSPS) is 18.9. The van der Waals surface area contributed by atoms with Crippen LogP contribution in [0.15, 0.2) is 77.7 Å². The zero-order valence-electron chi connectivity index (χ0n) is 36.2. The predicted octanol–water partition coefficient (Wildman–Crippen LogP) is 4.77. The number of fused-ring (bicyclic) bond motifs is 2. The minimum absolute atomic E-state index is 0.0734. The molecule has 3 aromatic carbocycles. The highest BCUT2D eigenvalue weighted by Gasteiger charge is 2.45. The first kappa shape index (κ1) is 45.9. The molecule has 4 aliphatic rings. The highest BCUT2D eigenvalue weighted by Crippen LogP contribution is 2.40. The Labute approximate surface area is 381 Å². The van der Waals surface area contributed by atoms with Crippen molar-refractivity contribution in [3.63, 3.8) is 0 Å². The number of ether oxygens (including phenoxy) is 5. The second-order valence-corrected chi connectivity index (χ2v) is 17.3. The number of anilines is 1. The molecule has 2 atom stereocenters. The number of imide groups is 2. The van der Waals surface area contributed by atoms with Crippen LogP contribution in [0.1, 0.15) is 69.2 Å². The third-order valence-corrected chi connectivity index (χ3v) is 13.1. The number of rotatable bonds is 22. The standard InChI is InChI=1S/C47H55N7O10S/c48-43(56)41-42(32-9-11-34(12-10-32)64-33-5-2-1-3-6-33)51-54-36(15-18-49-44(41)54)31-16-19-52(20-17-31)21-22-60-23-24-61-25-26-62-27-28-63-29-30-65-38-8-4-7-35-40(38)47(59)53(46(35)58)37-13-14-39(55)50-45(37)57/h1-12,31,36-37,49H,13-30H2,(H2,48,56)(H,50,55,57). The summed E-state index contributed by atoms with van der Waals surface area (Å²) in [5, 5.41) is 10.6. The molecule has 4 aromatic rings. The first-order valence-electron chi connectivity index (χ1n) is 22.3. The molecule has 5 heterocycles. The van der Waals surface area contributed by atoms with E-state index >= 15 is 0 Å². The first-order chi connectivity index (χ1) is 31.8.